The summed E-state index contributed by atoms with van der Waals surface area (Å²) in [5.74, 6) is -1.38. The van der Waals surface area contributed by atoms with Gasteiger partial charge in [0.15, 0.2) is 0 Å². The van der Waals surface area contributed by atoms with E-state index in [0.29, 0.717) is 17.6 Å². The van der Waals surface area contributed by atoms with Crippen LogP contribution in [0.2, 0.25) is 0 Å². The molecule has 1 heterocycles. The molecule has 0 atom stereocenters. The number of urea groups is 1. The number of para-hydroxylation sites is 1. The maximum Gasteiger partial charge on any atom is 0.337 e. The number of nitrogens with zero attached hydrogens (tertiary/aromatic N) is 1. The monoisotopic (exact) mass is 341 g/mol. The predicted octanol–water partition coefficient (Wildman–Crippen LogP) is 1.11. The summed E-state index contributed by atoms with van der Waals surface area (Å²) < 4.78 is 0.465. The molecular weight excluding hydrogens is 330 g/mol. The van der Waals surface area contributed by atoms with Crippen LogP contribution in [0.1, 0.15) is 10.4 Å². The number of anilines is 1. The minimum absolute atomic E-state index is 0.0193. The Kier molecular flexibility index (Phi) is 4.23. The summed E-state index contributed by atoms with van der Waals surface area (Å²) in [5.41, 5.74) is 0.158. The van der Waals surface area contributed by atoms with Gasteiger partial charge in [0.2, 0.25) is 5.91 Å². The van der Waals surface area contributed by atoms with Crippen LogP contribution in [0.5, 0.6) is 0 Å². The van der Waals surface area contributed by atoms with Gasteiger partial charge >= 0.3 is 12.0 Å². The second-order valence-corrected chi connectivity index (χ2v) is 5.02. The second-order valence-electron chi connectivity index (χ2n) is 4.17. The summed E-state index contributed by atoms with van der Waals surface area (Å²) in [5, 5.41) is 14.2. The summed E-state index contributed by atoms with van der Waals surface area (Å²) in [6.07, 6.45) is 0. The van der Waals surface area contributed by atoms with Crippen LogP contribution in [-0.4, -0.2) is 47.5 Å². The predicted molar refractivity (Wildman–Crippen MR) is 74.7 cm³/mol. The smallest absolute Gasteiger partial charge is 0.337 e. The van der Waals surface area contributed by atoms with Gasteiger partial charge < -0.3 is 20.6 Å². The molecule has 8 heteroatoms. The van der Waals surface area contributed by atoms with Gasteiger partial charge in [0.05, 0.1) is 11.3 Å². The molecule has 0 saturated carbocycles. The van der Waals surface area contributed by atoms with Crippen LogP contribution < -0.4 is 10.6 Å². The Morgan fingerprint density at radius 1 is 1.40 bits per heavy atom. The number of amides is 3. The quantitative estimate of drug-likeness (QED) is 0.750. The first-order valence-electron chi connectivity index (χ1n) is 5.83. The van der Waals surface area contributed by atoms with Gasteiger partial charge in [0.25, 0.3) is 0 Å². The molecule has 7 nitrogen and oxygen atoms in total. The van der Waals surface area contributed by atoms with Crippen LogP contribution in [-0.2, 0) is 4.79 Å². The highest BCUT2D eigenvalue weighted by Crippen LogP contribution is 2.26. The molecule has 0 aromatic heterocycles. The SMILES string of the molecule is O=C1CN(C(=O)Nc2c(Br)cccc2C(=O)O)CCN1. The van der Waals surface area contributed by atoms with E-state index in [2.05, 4.69) is 26.6 Å². The number of piperazine rings is 1. The fraction of sp³-hybridized carbons (Fsp3) is 0.250. The van der Waals surface area contributed by atoms with E-state index in [1.165, 1.54) is 11.0 Å². The molecule has 0 bridgehead atoms. The zero-order valence-corrected chi connectivity index (χ0v) is 11.9. The molecule has 106 valence electrons. The van der Waals surface area contributed by atoms with Gasteiger partial charge in [-0.3, -0.25) is 4.79 Å². The molecule has 20 heavy (non-hydrogen) atoms. The van der Waals surface area contributed by atoms with Crippen LogP contribution in [0.3, 0.4) is 0 Å². The number of carbonyl (C=O) groups excluding carboxylic acids is 2. The van der Waals surface area contributed by atoms with E-state index < -0.39 is 12.0 Å². The molecule has 3 amide bonds. The average molecular weight is 342 g/mol. The normalized spacial score (nSPS) is 14.7. The Hall–Kier alpha value is -2.09. The van der Waals surface area contributed by atoms with Gasteiger partial charge in [-0.15, -0.1) is 0 Å². The van der Waals surface area contributed by atoms with Crippen LogP contribution in [0.4, 0.5) is 10.5 Å². The highest BCUT2D eigenvalue weighted by molar-refractivity contribution is 9.10. The molecule has 1 aliphatic heterocycles. The number of carbonyl (C=O) groups is 3. The molecule has 1 aliphatic rings. The highest BCUT2D eigenvalue weighted by Gasteiger charge is 2.23. The third kappa shape index (κ3) is 3.08. The number of halogens is 1. The Balaban J connectivity index is 2.19. The van der Waals surface area contributed by atoms with Gasteiger partial charge in [0.1, 0.15) is 6.54 Å². The molecule has 0 spiro atoms. The van der Waals surface area contributed by atoms with Crippen molar-refractivity contribution in [2.24, 2.45) is 0 Å². The van der Waals surface area contributed by atoms with Crippen molar-refractivity contribution in [1.82, 2.24) is 10.2 Å². The third-order valence-corrected chi connectivity index (χ3v) is 3.46. The third-order valence-electron chi connectivity index (χ3n) is 2.80. The summed E-state index contributed by atoms with van der Waals surface area (Å²) in [4.78, 5) is 35.8. The van der Waals surface area contributed by atoms with Crippen molar-refractivity contribution in [2.75, 3.05) is 25.0 Å². The first-order valence-corrected chi connectivity index (χ1v) is 6.63. The van der Waals surface area contributed by atoms with E-state index >= 15 is 0 Å². The summed E-state index contributed by atoms with van der Waals surface area (Å²) >= 11 is 3.20. The topological polar surface area (TPSA) is 98.7 Å². The lowest BCUT2D eigenvalue weighted by Crippen LogP contribution is -2.51. The molecule has 0 aliphatic carbocycles. The molecule has 1 aromatic rings. The van der Waals surface area contributed by atoms with Gasteiger partial charge in [-0.2, -0.15) is 0 Å². The molecule has 1 aromatic carbocycles. The van der Waals surface area contributed by atoms with Crippen LogP contribution in [0.25, 0.3) is 0 Å². The molecule has 2 rings (SSSR count). The molecule has 0 radical (unpaired) electrons. The van der Waals surface area contributed by atoms with E-state index in [0.717, 1.165) is 0 Å². The van der Waals surface area contributed by atoms with E-state index in [4.69, 9.17) is 5.11 Å². The lowest BCUT2D eigenvalue weighted by atomic mass is 10.2. The van der Waals surface area contributed by atoms with Gasteiger partial charge in [0, 0.05) is 17.6 Å². The Morgan fingerprint density at radius 2 is 2.15 bits per heavy atom. The fourth-order valence-corrected chi connectivity index (χ4v) is 2.29. The maximum atomic E-state index is 12.1. The number of nitrogens with one attached hydrogen (secondary N) is 2. The van der Waals surface area contributed by atoms with Gasteiger partial charge in [-0.05, 0) is 28.1 Å². The zero-order valence-electron chi connectivity index (χ0n) is 10.4. The van der Waals surface area contributed by atoms with Crippen LogP contribution >= 0.6 is 15.9 Å². The van der Waals surface area contributed by atoms with Crippen LogP contribution in [0, 0.1) is 0 Å². The maximum absolute atomic E-state index is 12.1. The Morgan fingerprint density at radius 3 is 2.80 bits per heavy atom. The molecule has 0 unspecified atom stereocenters. The molecular formula is C12H12BrN3O4. The number of benzene rings is 1. The molecule has 1 fully saturated rings. The lowest BCUT2D eigenvalue weighted by Gasteiger charge is -2.27. The molecule has 3 N–H and O–H groups in total. The largest absolute Gasteiger partial charge is 0.478 e. The van der Waals surface area contributed by atoms with E-state index in [1.54, 1.807) is 12.1 Å². The number of hydrogen-bond acceptors (Lipinski definition) is 3. The number of rotatable bonds is 2. The van der Waals surface area contributed by atoms with Crippen molar-refractivity contribution >= 4 is 39.5 Å². The van der Waals surface area contributed by atoms with Crippen molar-refractivity contribution in [3.05, 3.63) is 28.2 Å². The lowest BCUT2D eigenvalue weighted by molar-refractivity contribution is -0.123. The number of hydrogen-bond donors (Lipinski definition) is 3. The summed E-state index contributed by atoms with van der Waals surface area (Å²) in [7, 11) is 0. The second kappa shape index (κ2) is 5.91. The molecule has 1 saturated heterocycles. The standard InChI is InChI=1S/C12H12BrN3O4/c13-8-3-1-2-7(11(18)19)10(8)15-12(20)16-5-4-14-9(17)6-16/h1-3H,4-6H2,(H,14,17)(H,15,20)(H,18,19). The summed E-state index contributed by atoms with van der Waals surface area (Å²) in [6, 6.07) is 4.09. The summed E-state index contributed by atoms with van der Waals surface area (Å²) in [6.45, 7) is 0.719. The van der Waals surface area contributed by atoms with Crippen LogP contribution in [0.15, 0.2) is 22.7 Å². The van der Waals surface area contributed by atoms with E-state index in [9.17, 15) is 14.4 Å². The first-order chi connectivity index (χ1) is 9.49. The van der Waals surface area contributed by atoms with Crippen molar-refractivity contribution in [3.8, 4) is 0 Å². The highest BCUT2D eigenvalue weighted by atomic mass is 79.9. The number of aromatic carboxylic acids is 1. The van der Waals surface area contributed by atoms with Gasteiger partial charge in [-0.1, -0.05) is 6.07 Å². The van der Waals surface area contributed by atoms with Crippen molar-refractivity contribution < 1.29 is 19.5 Å². The van der Waals surface area contributed by atoms with Gasteiger partial charge in [-0.25, -0.2) is 9.59 Å². The Bertz CT molecular complexity index is 576. The first kappa shape index (κ1) is 14.3. The Labute approximate surface area is 123 Å². The fourth-order valence-electron chi connectivity index (χ4n) is 1.83. The zero-order chi connectivity index (χ0) is 14.7. The number of carboxylic acid groups (broad SMARTS) is 1. The van der Waals surface area contributed by atoms with Crippen molar-refractivity contribution in [2.45, 2.75) is 0 Å². The minimum Gasteiger partial charge on any atom is -0.478 e. The van der Waals surface area contributed by atoms with Crippen molar-refractivity contribution in [3.63, 3.8) is 0 Å². The van der Waals surface area contributed by atoms with E-state index in [1.807, 2.05) is 0 Å². The number of carboxylic acids is 1. The van der Waals surface area contributed by atoms with E-state index in [-0.39, 0.29) is 23.7 Å². The van der Waals surface area contributed by atoms with Crippen molar-refractivity contribution in [1.29, 1.82) is 0 Å². The average Bonchev–Trinajstić information content (AvgIpc) is 2.40. The minimum atomic E-state index is -1.14.